The van der Waals surface area contributed by atoms with Crippen molar-refractivity contribution in [1.29, 1.82) is 0 Å². The summed E-state index contributed by atoms with van der Waals surface area (Å²) in [5.74, 6) is 1.08. The molecule has 2 aromatic rings. The number of nitrogens with zero attached hydrogens (tertiary/aromatic N) is 1. The molecule has 0 spiro atoms. The zero-order chi connectivity index (χ0) is 14.0. The van der Waals surface area contributed by atoms with Gasteiger partial charge in [-0.2, -0.15) is 0 Å². The first-order valence-corrected chi connectivity index (χ1v) is 7.83. The highest BCUT2D eigenvalue weighted by Crippen LogP contribution is 2.27. The molecular weight excluding hydrogens is 276 g/mol. The van der Waals surface area contributed by atoms with E-state index in [4.69, 9.17) is 4.74 Å². The van der Waals surface area contributed by atoms with Gasteiger partial charge in [0.2, 0.25) is 0 Å². The fourth-order valence-corrected chi connectivity index (χ4v) is 3.18. The molecule has 5 nitrogen and oxygen atoms in total. The molecule has 0 radical (unpaired) electrons. The van der Waals surface area contributed by atoms with Crippen LogP contribution >= 0.6 is 0 Å². The maximum atomic E-state index is 12.3. The standard InChI is InChI=1S/C14H14N2O3S/c17-20(18,16-14-5-1-2-8-15-14)12-6-7-13-11(10-12)4-3-9-19-13/h1-2,5-8,10H,3-4,9H2,(H,15,16). The van der Waals surface area contributed by atoms with Gasteiger partial charge in [-0.1, -0.05) is 6.07 Å². The predicted molar refractivity (Wildman–Crippen MR) is 75.3 cm³/mol. The van der Waals surface area contributed by atoms with Crippen LogP contribution in [0.5, 0.6) is 5.75 Å². The Bertz CT molecular complexity index is 714. The summed E-state index contributed by atoms with van der Waals surface area (Å²) in [5, 5.41) is 0. The van der Waals surface area contributed by atoms with Crippen LogP contribution in [0.25, 0.3) is 0 Å². The number of ether oxygens (including phenoxy) is 1. The van der Waals surface area contributed by atoms with E-state index < -0.39 is 10.0 Å². The molecule has 0 fully saturated rings. The van der Waals surface area contributed by atoms with Gasteiger partial charge in [0, 0.05) is 6.20 Å². The van der Waals surface area contributed by atoms with E-state index in [9.17, 15) is 8.42 Å². The number of benzene rings is 1. The number of hydrogen-bond acceptors (Lipinski definition) is 4. The summed E-state index contributed by atoms with van der Waals surface area (Å²) in [4.78, 5) is 4.19. The fraction of sp³-hybridized carbons (Fsp3) is 0.214. The highest BCUT2D eigenvalue weighted by atomic mass is 32.2. The van der Waals surface area contributed by atoms with Crippen molar-refractivity contribution in [3.63, 3.8) is 0 Å². The minimum Gasteiger partial charge on any atom is -0.493 e. The van der Waals surface area contributed by atoms with Crippen LogP contribution in [0.2, 0.25) is 0 Å². The topological polar surface area (TPSA) is 68.3 Å². The molecule has 2 heterocycles. The van der Waals surface area contributed by atoms with Crippen molar-refractivity contribution < 1.29 is 13.2 Å². The van der Waals surface area contributed by atoms with Crippen LogP contribution in [0.1, 0.15) is 12.0 Å². The molecule has 0 bridgehead atoms. The monoisotopic (exact) mass is 290 g/mol. The second kappa shape index (κ2) is 5.13. The molecule has 1 aliphatic heterocycles. The Hall–Kier alpha value is -2.08. The van der Waals surface area contributed by atoms with Gasteiger partial charge in [-0.25, -0.2) is 13.4 Å². The van der Waals surface area contributed by atoms with E-state index in [-0.39, 0.29) is 4.90 Å². The van der Waals surface area contributed by atoms with Crippen LogP contribution in [0.15, 0.2) is 47.5 Å². The molecule has 0 unspecified atom stereocenters. The van der Waals surface area contributed by atoms with Gasteiger partial charge in [0.1, 0.15) is 11.6 Å². The minimum atomic E-state index is -3.61. The largest absolute Gasteiger partial charge is 0.493 e. The molecule has 3 rings (SSSR count). The van der Waals surface area contributed by atoms with E-state index in [1.54, 1.807) is 42.6 Å². The summed E-state index contributed by atoms with van der Waals surface area (Å²) in [7, 11) is -3.61. The number of fused-ring (bicyclic) bond motifs is 1. The Morgan fingerprint density at radius 3 is 2.90 bits per heavy atom. The van der Waals surface area contributed by atoms with E-state index in [2.05, 4.69) is 9.71 Å². The number of rotatable bonds is 3. The van der Waals surface area contributed by atoms with Crippen LogP contribution in [-0.4, -0.2) is 20.0 Å². The van der Waals surface area contributed by atoms with E-state index in [0.29, 0.717) is 12.4 Å². The number of pyridine rings is 1. The average Bonchev–Trinajstić information content (AvgIpc) is 2.47. The summed E-state index contributed by atoms with van der Waals surface area (Å²) in [6.07, 6.45) is 3.28. The number of anilines is 1. The lowest BCUT2D eigenvalue weighted by Crippen LogP contribution is -2.15. The van der Waals surface area contributed by atoms with Gasteiger partial charge in [-0.05, 0) is 48.7 Å². The molecule has 1 aliphatic rings. The molecule has 1 aromatic heterocycles. The van der Waals surface area contributed by atoms with Gasteiger partial charge in [-0.15, -0.1) is 0 Å². The van der Waals surface area contributed by atoms with Crippen molar-refractivity contribution in [3.8, 4) is 5.75 Å². The van der Waals surface area contributed by atoms with Crippen LogP contribution < -0.4 is 9.46 Å². The van der Waals surface area contributed by atoms with Gasteiger partial charge in [0.25, 0.3) is 10.0 Å². The molecule has 0 saturated heterocycles. The second-order valence-corrected chi connectivity index (χ2v) is 6.22. The lowest BCUT2D eigenvalue weighted by atomic mass is 10.1. The van der Waals surface area contributed by atoms with Crippen molar-refractivity contribution in [1.82, 2.24) is 4.98 Å². The molecule has 6 heteroatoms. The zero-order valence-corrected chi connectivity index (χ0v) is 11.6. The normalized spacial score (nSPS) is 14.2. The Labute approximate surface area is 117 Å². The Morgan fingerprint density at radius 1 is 1.20 bits per heavy atom. The summed E-state index contributed by atoms with van der Waals surface area (Å²) in [6.45, 7) is 0.686. The van der Waals surface area contributed by atoms with Crippen molar-refractivity contribution in [2.75, 3.05) is 11.3 Å². The van der Waals surface area contributed by atoms with Crippen LogP contribution in [0.3, 0.4) is 0 Å². The minimum absolute atomic E-state index is 0.229. The number of hydrogen-bond donors (Lipinski definition) is 1. The quantitative estimate of drug-likeness (QED) is 0.941. The van der Waals surface area contributed by atoms with Crippen molar-refractivity contribution in [3.05, 3.63) is 48.2 Å². The summed E-state index contributed by atoms with van der Waals surface area (Å²) >= 11 is 0. The third kappa shape index (κ3) is 2.60. The van der Waals surface area contributed by atoms with Gasteiger partial charge in [0.15, 0.2) is 0 Å². The molecular formula is C14H14N2O3S. The highest BCUT2D eigenvalue weighted by Gasteiger charge is 2.18. The van der Waals surface area contributed by atoms with E-state index >= 15 is 0 Å². The van der Waals surface area contributed by atoms with Gasteiger partial charge < -0.3 is 4.74 Å². The average molecular weight is 290 g/mol. The highest BCUT2D eigenvalue weighted by molar-refractivity contribution is 7.92. The molecule has 20 heavy (non-hydrogen) atoms. The first-order chi connectivity index (χ1) is 9.65. The molecule has 1 aromatic carbocycles. The summed E-state index contributed by atoms with van der Waals surface area (Å²) in [5.41, 5.74) is 0.931. The van der Waals surface area contributed by atoms with Crippen LogP contribution in [-0.2, 0) is 16.4 Å². The van der Waals surface area contributed by atoms with Crippen molar-refractivity contribution in [2.24, 2.45) is 0 Å². The van der Waals surface area contributed by atoms with E-state index in [1.807, 2.05) is 0 Å². The zero-order valence-electron chi connectivity index (χ0n) is 10.7. The Balaban J connectivity index is 1.91. The molecule has 0 amide bonds. The van der Waals surface area contributed by atoms with Crippen LogP contribution in [0.4, 0.5) is 5.82 Å². The maximum Gasteiger partial charge on any atom is 0.263 e. The molecule has 0 atom stereocenters. The Morgan fingerprint density at radius 2 is 2.10 bits per heavy atom. The summed E-state index contributed by atoms with van der Waals surface area (Å²) < 4.78 is 32.5. The molecule has 0 aliphatic carbocycles. The SMILES string of the molecule is O=S(=O)(Nc1ccccn1)c1ccc2c(c1)CCCO2. The molecule has 104 valence electrons. The Kier molecular flexibility index (Phi) is 3.31. The summed E-state index contributed by atoms with van der Waals surface area (Å²) in [6, 6.07) is 10.00. The third-order valence-electron chi connectivity index (χ3n) is 3.09. The van der Waals surface area contributed by atoms with Gasteiger partial charge in [0.05, 0.1) is 11.5 Å². The predicted octanol–water partition coefficient (Wildman–Crippen LogP) is 2.21. The van der Waals surface area contributed by atoms with Gasteiger partial charge >= 0.3 is 0 Å². The number of aromatic nitrogens is 1. The number of nitrogens with one attached hydrogen (secondary N) is 1. The lowest BCUT2D eigenvalue weighted by molar-refractivity contribution is 0.288. The van der Waals surface area contributed by atoms with Crippen LogP contribution in [0, 0.1) is 0 Å². The number of aryl methyl sites for hydroxylation is 1. The first kappa shape index (κ1) is 12.9. The first-order valence-electron chi connectivity index (χ1n) is 6.35. The maximum absolute atomic E-state index is 12.3. The number of sulfonamides is 1. The van der Waals surface area contributed by atoms with E-state index in [0.717, 1.165) is 24.2 Å². The molecule has 0 saturated carbocycles. The lowest BCUT2D eigenvalue weighted by Gasteiger charge is -2.18. The van der Waals surface area contributed by atoms with Crippen molar-refractivity contribution >= 4 is 15.8 Å². The van der Waals surface area contributed by atoms with Gasteiger partial charge in [-0.3, -0.25) is 4.72 Å². The molecule has 1 N–H and O–H groups in total. The van der Waals surface area contributed by atoms with E-state index in [1.165, 1.54) is 0 Å². The van der Waals surface area contributed by atoms with Crippen molar-refractivity contribution in [2.45, 2.75) is 17.7 Å². The fourth-order valence-electron chi connectivity index (χ4n) is 2.12. The smallest absolute Gasteiger partial charge is 0.263 e. The third-order valence-corrected chi connectivity index (χ3v) is 4.45. The second-order valence-electron chi connectivity index (χ2n) is 4.54.